The van der Waals surface area contributed by atoms with Crippen molar-refractivity contribution >= 4 is 27.7 Å². The fraction of sp³-hybridized carbons (Fsp3) is 0.786. The van der Waals surface area contributed by atoms with E-state index in [1.54, 1.807) is 0 Å². The zero-order valence-corrected chi connectivity index (χ0v) is 13.8. The lowest BCUT2D eigenvalue weighted by molar-refractivity contribution is 0.334. The number of aromatic nitrogens is 2. The summed E-state index contributed by atoms with van der Waals surface area (Å²) in [7, 11) is 2.04. The van der Waals surface area contributed by atoms with Gasteiger partial charge in [0.1, 0.15) is 0 Å². The van der Waals surface area contributed by atoms with Crippen LogP contribution in [0.5, 0.6) is 0 Å². The molecular weight excluding hydrogens is 308 g/mol. The molecule has 2 nitrogen and oxygen atoms in total. The Kier molecular flexibility index (Phi) is 5.19. The average Bonchev–Trinajstić information content (AvgIpc) is 2.57. The van der Waals surface area contributed by atoms with Crippen LogP contribution in [-0.2, 0) is 7.05 Å². The van der Waals surface area contributed by atoms with Crippen LogP contribution in [0.1, 0.15) is 44.2 Å². The third-order valence-electron chi connectivity index (χ3n) is 3.93. The van der Waals surface area contributed by atoms with Gasteiger partial charge in [0.05, 0.1) is 10.7 Å². The highest BCUT2D eigenvalue weighted by Gasteiger charge is 2.30. The fourth-order valence-corrected chi connectivity index (χ4v) is 5.09. The molecule has 4 heteroatoms. The first-order valence-corrected chi connectivity index (χ1v) is 8.95. The molecule has 0 aliphatic heterocycles. The van der Waals surface area contributed by atoms with Gasteiger partial charge in [-0.15, -0.1) is 11.8 Å². The van der Waals surface area contributed by atoms with E-state index in [-0.39, 0.29) is 0 Å². The maximum Gasteiger partial charge on any atom is 0.0939 e. The molecule has 0 unspecified atom stereocenters. The number of alkyl halides is 1. The molecule has 0 saturated heterocycles. The summed E-state index contributed by atoms with van der Waals surface area (Å²) < 4.78 is 2.01. The topological polar surface area (TPSA) is 17.8 Å². The van der Waals surface area contributed by atoms with Crippen LogP contribution in [0.25, 0.3) is 0 Å². The highest BCUT2D eigenvalue weighted by atomic mass is 79.9. The highest BCUT2D eigenvalue weighted by Crippen LogP contribution is 2.40. The van der Waals surface area contributed by atoms with Gasteiger partial charge >= 0.3 is 0 Å². The van der Waals surface area contributed by atoms with Crippen molar-refractivity contribution in [1.29, 1.82) is 0 Å². The lowest BCUT2D eigenvalue weighted by Gasteiger charge is -2.30. The van der Waals surface area contributed by atoms with Gasteiger partial charge in [-0.2, -0.15) is 5.10 Å². The molecule has 1 aliphatic carbocycles. The first kappa shape index (κ1) is 14.4. The van der Waals surface area contributed by atoms with E-state index in [1.807, 2.05) is 23.5 Å². The summed E-state index contributed by atoms with van der Waals surface area (Å²) in [4.78, 5) is 0. The predicted molar refractivity (Wildman–Crippen MR) is 82.6 cm³/mol. The minimum atomic E-state index is 0.499. The molecule has 2 rings (SSSR count). The summed E-state index contributed by atoms with van der Waals surface area (Å²) in [5, 5.41) is 6.87. The van der Waals surface area contributed by atoms with Crippen molar-refractivity contribution in [3.8, 4) is 0 Å². The Morgan fingerprint density at radius 2 is 2.00 bits per heavy atom. The lowest BCUT2D eigenvalue weighted by Crippen LogP contribution is -2.25. The largest absolute Gasteiger partial charge is 0.262 e. The predicted octanol–water partition coefficient (Wildman–Crippen LogP) is 4.56. The van der Waals surface area contributed by atoms with E-state index in [0.29, 0.717) is 5.41 Å². The summed E-state index contributed by atoms with van der Waals surface area (Å²) in [6.45, 7) is 2.07. The van der Waals surface area contributed by atoms with Crippen molar-refractivity contribution in [3.05, 3.63) is 11.8 Å². The van der Waals surface area contributed by atoms with Crippen molar-refractivity contribution < 1.29 is 0 Å². The summed E-state index contributed by atoms with van der Waals surface area (Å²) >= 11 is 5.74. The van der Waals surface area contributed by atoms with Crippen molar-refractivity contribution in [3.63, 3.8) is 0 Å². The van der Waals surface area contributed by atoms with Gasteiger partial charge in [-0.1, -0.05) is 41.6 Å². The standard InChI is InChI=1S/C14H23BrN2S/c1-12-9-13(17(2)16-12)18-11-14(10-15)7-5-3-4-6-8-14/h9H,3-8,10-11H2,1-2H3. The van der Waals surface area contributed by atoms with Crippen molar-refractivity contribution in [1.82, 2.24) is 9.78 Å². The molecule has 0 bridgehead atoms. The van der Waals surface area contributed by atoms with Crippen molar-refractivity contribution in [2.24, 2.45) is 12.5 Å². The SMILES string of the molecule is Cc1cc(SCC2(CBr)CCCCCC2)n(C)n1. The van der Waals surface area contributed by atoms with Gasteiger partial charge < -0.3 is 0 Å². The Balaban J connectivity index is 1.99. The smallest absolute Gasteiger partial charge is 0.0939 e. The molecule has 102 valence electrons. The van der Waals surface area contributed by atoms with Gasteiger partial charge in [0.25, 0.3) is 0 Å². The number of hydrogen-bond acceptors (Lipinski definition) is 2. The molecule has 18 heavy (non-hydrogen) atoms. The van der Waals surface area contributed by atoms with Gasteiger partial charge in [0.15, 0.2) is 0 Å². The third-order valence-corrected chi connectivity index (χ3v) is 6.56. The Morgan fingerprint density at radius 1 is 1.33 bits per heavy atom. The van der Waals surface area contributed by atoms with Crippen molar-refractivity contribution in [2.45, 2.75) is 50.5 Å². The van der Waals surface area contributed by atoms with Crippen LogP contribution < -0.4 is 0 Å². The number of thioether (sulfide) groups is 1. The van der Waals surface area contributed by atoms with E-state index in [4.69, 9.17) is 0 Å². The number of halogens is 1. The van der Waals surface area contributed by atoms with Crippen LogP contribution in [0, 0.1) is 12.3 Å². The molecule has 1 aromatic rings. The van der Waals surface area contributed by atoms with Crippen LogP contribution in [0.4, 0.5) is 0 Å². The zero-order chi connectivity index (χ0) is 13.0. The number of nitrogens with zero attached hydrogens (tertiary/aromatic N) is 2. The van der Waals surface area contributed by atoms with Crippen LogP contribution in [0.15, 0.2) is 11.1 Å². The molecule has 0 N–H and O–H groups in total. The zero-order valence-electron chi connectivity index (χ0n) is 11.4. The highest BCUT2D eigenvalue weighted by molar-refractivity contribution is 9.09. The second-order valence-electron chi connectivity index (χ2n) is 5.58. The molecule has 0 spiro atoms. The van der Waals surface area contributed by atoms with Crippen LogP contribution in [0.3, 0.4) is 0 Å². The van der Waals surface area contributed by atoms with E-state index in [9.17, 15) is 0 Å². The van der Waals surface area contributed by atoms with E-state index in [1.165, 1.54) is 49.3 Å². The first-order valence-electron chi connectivity index (χ1n) is 6.85. The lowest BCUT2D eigenvalue weighted by atomic mass is 9.85. The second kappa shape index (κ2) is 6.47. The first-order chi connectivity index (χ1) is 8.65. The normalized spacial score (nSPS) is 19.7. The van der Waals surface area contributed by atoms with Gasteiger partial charge in [-0.3, -0.25) is 4.68 Å². The number of hydrogen-bond donors (Lipinski definition) is 0. The Morgan fingerprint density at radius 3 is 2.50 bits per heavy atom. The van der Waals surface area contributed by atoms with E-state index in [0.717, 1.165) is 11.0 Å². The van der Waals surface area contributed by atoms with Gasteiger partial charge in [0, 0.05) is 18.1 Å². The Labute approximate surface area is 123 Å². The van der Waals surface area contributed by atoms with Gasteiger partial charge in [-0.05, 0) is 31.2 Å². The molecule has 0 aromatic carbocycles. The summed E-state index contributed by atoms with van der Waals surface area (Å²) in [6.07, 6.45) is 8.39. The summed E-state index contributed by atoms with van der Waals surface area (Å²) in [5.74, 6) is 1.22. The fourth-order valence-electron chi connectivity index (χ4n) is 2.74. The van der Waals surface area contributed by atoms with Crippen LogP contribution in [-0.4, -0.2) is 20.9 Å². The van der Waals surface area contributed by atoms with Crippen LogP contribution in [0.2, 0.25) is 0 Å². The number of rotatable bonds is 4. The van der Waals surface area contributed by atoms with Crippen molar-refractivity contribution in [2.75, 3.05) is 11.1 Å². The molecule has 1 saturated carbocycles. The van der Waals surface area contributed by atoms with Gasteiger partial charge in [-0.25, -0.2) is 0 Å². The summed E-state index contributed by atoms with van der Waals surface area (Å²) in [6, 6.07) is 2.20. The monoisotopic (exact) mass is 330 g/mol. The molecule has 0 atom stereocenters. The maximum atomic E-state index is 4.43. The molecule has 1 aliphatic rings. The molecule has 1 aromatic heterocycles. The minimum Gasteiger partial charge on any atom is -0.262 e. The van der Waals surface area contributed by atoms with Gasteiger partial charge in [0.2, 0.25) is 0 Å². The summed E-state index contributed by atoms with van der Waals surface area (Å²) in [5.41, 5.74) is 1.62. The number of aryl methyl sites for hydroxylation is 2. The van der Waals surface area contributed by atoms with E-state index < -0.39 is 0 Å². The average molecular weight is 331 g/mol. The maximum absolute atomic E-state index is 4.43. The Bertz CT molecular complexity index is 381. The molecule has 0 radical (unpaired) electrons. The Hall–Kier alpha value is 0.0400. The second-order valence-corrected chi connectivity index (χ2v) is 7.14. The minimum absolute atomic E-state index is 0.499. The molecule has 1 heterocycles. The molecule has 0 amide bonds. The quantitative estimate of drug-likeness (QED) is 0.457. The molecular formula is C14H23BrN2S. The molecule has 1 fully saturated rings. The third kappa shape index (κ3) is 3.53. The van der Waals surface area contributed by atoms with E-state index >= 15 is 0 Å². The van der Waals surface area contributed by atoms with E-state index in [2.05, 4.69) is 34.0 Å². The van der Waals surface area contributed by atoms with Crippen LogP contribution >= 0.6 is 27.7 Å².